The number of rotatable bonds is 4. The fourth-order valence-corrected chi connectivity index (χ4v) is 2.82. The van der Waals surface area contributed by atoms with E-state index >= 15 is 0 Å². The summed E-state index contributed by atoms with van der Waals surface area (Å²) in [5.41, 5.74) is 1.73. The summed E-state index contributed by atoms with van der Waals surface area (Å²) in [7, 11) is 4.57. The van der Waals surface area contributed by atoms with E-state index in [0.29, 0.717) is 45.5 Å². The normalized spacial score (nSPS) is 10.5. The fraction of sp³-hybridized carbons (Fsp3) is 0.250. The minimum atomic E-state index is 0.262. The molecule has 0 fully saturated rings. The zero-order chi connectivity index (χ0) is 18.1. The lowest BCUT2D eigenvalue weighted by molar-refractivity contribution is 0.324. The molecular formula is C16H15N5O3S. The zero-order valence-electron chi connectivity index (χ0n) is 14.1. The lowest BCUT2D eigenvalue weighted by atomic mass is 10.1. The molecule has 0 saturated carbocycles. The molecule has 0 saturated heterocycles. The number of nitriles is 1. The van der Waals surface area contributed by atoms with Crippen molar-refractivity contribution in [2.45, 2.75) is 6.92 Å². The average Bonchev–Trinajstić information content (AvgIpc) is 3.02. The number of fused-ring (bicyclic) bond motifs is 1. The van der Waals surface area contributed by atoms with Gasteiger partial charge in [-0.15, -0.1) is 0 Å². The van der Waals surface area contributed by atoms with Crippen molar-refractivity contribution in [3.8, 4) is 34.6 Å². The molecule has 1 N–H and O–H groups in total. The number of ether oxygens (including phenoxy) is 3. The summed E-state index contributed by atoms with van der Waals surface area (Å²) >= 11 is 5.32. The summed E-state index contributed by atoms with van der Waals surface area (Å²) in [4.78, 5) is 8.73. The summed E-state index contributed by atoms with van der Waals surface area (Å²) in [6, 6.07) is 5.59. The third-order valence-electron chi connectivity index (χ3n) is 3.67. The number of hydrogen-bond acceptors (Lipinski definition) is 7. The Morgan fingerprint density at radius 3 is 2.28 bits per heavy atom. The number of H-pyrrole nitrogens is 1. The van der Waals surface area contributed by atoms with Gasteiger partial charge in [0, 0.05) is 5.56 Å². The first-order valence-corrected chi connectivity index (χ1v) is 7.64. The van der Waals surface area contributed by atoms with Crippen LogP contribution in [-0.4, -0.2) is 40.9 Å². The lowest BCUT2D eigenvalue weighted by Crippen LogP contribution is -2.01. The highest BCUT2D eigenvalue weighted by atomic mass is 32.1. The minimum Gasteiger partial charge on any atom is -0.493 e. The highest BCUT2D eigenvalue weighted by molar-refractivity contribution is 7.71. The van der Waals surface area contributed by atoms with Crippen LogP contribution in [0.15, 0.2) is 12.1 Å². The van der Waals surface area contributed by atoms with Gasteiger partial charge in [0.25, 0.3) is 0 Å². The Bertz CT molecular complexity index is 1040. The molecule has 0 bridgehead atoms. The van der Waals surface area contributed by atoms with Crippen molar-refractivity contribution in [2.75, 3.05) is 21.3 Å². The van der Waals surface area contributed by atoms with E-state index in [9.17, 15) is 5.26 Å². The Kier molecular flexibility index (Phi) is 4.29. The molecule has 25 heavy (non-hydrogen) atoms. The number of nitrogens with zero attached hydrogens (tertiary/aromatic N) is 4. The lowest BCUT2D eigenvalue weighted by Gasteiger charge is -2.14. The predicted octanol–water partition coefficient (Wildman–Crippen LogP) is 2.66. The van der Waals surface area contributed by atoms with Crippen LogP contribution in [0.4, 0.5) is 0 Å². The molecule has 9 heteroatoms. The fourth-order valence-electron chi connectivity index (χ4n) is 2.59. The van der Waals surface area contributed by atoms with E-state index in [-0.39, 0.29) is 4.77 Å². The highest BCUT2D eigenvalue weighted by Crippen LogP contribution is 2.41. The summed E-state index contributed by atoms with van der Waals surface area (Å²) in [6.45, 7) is 1.78. The highest BCUT2D eigenvalue weighted by Gasteiger charge is 2.20. The van der Waals surface area contributed by atoms with Crippen molar-refractivity contribution >= 4 is 17.9 Å². The molecular weight excluding hydrogens is 342 g/mol. The number of aromatic amines is 1. The standard InChI is InChI=1S/C16H15N5O3S/c1-8-18-15-10(7-17)13(19-16(25)21(15)20-8)9-5-11(22-2)14(24-4)12(6-9)23-3/h5-6H,1-4H3,(H,18,20). The number of aromatic nitrogens is 4. The first-order valence-electron chi connectivity index (χ1n) is 7.23. The van der Waals surface area contributed by atoms with Crippen molar-refractivity contribution in [2.24, 2.45) is 0 Å². The SMILES string of the molecule is COc1cc(-c2nc(=S)n3[nH]c(C)nc3c2C#N)cc(OC)c1OC. The van der Waals surface area contributed by atoms with Gasteiger partial charge in [0.1, 0.15) is 17.5 Å². The van der Waals surface area contributed by atoms with E-state index < -0.39 is 0 Å². The first kappa shape index (κ1) is 16.7. The van der Waals surface area contributed by atoms with Crippen LogP contribution in [0.2, 0.25) is 0 Å². The van der Waals surface area contributed by atoms with E-state index in [4.69, 9.17) is 26.4 Å². The number of methoxy groups -OCH3 is 3. The van der Waals surface area contributed by atoms with Gasteiger partial charge in [0.2, 0.25) is 10.5 Å². The van der Waals surface area contributed by atoms with Crippen LogP contribution >= 0.6 is 12.2 Å². The predicted molar refractivity (Wildman–Crippen MR) is 92.7 cm³/mol. The maximum absolute atomic E-state index is 9.65. The van der Waals surface area contributed by atoms with E-state index in [0.717, 1.165) is 0 Å². The molecule has 0 aliphatic rings. The van der Waals surface area contributed by atoms with Gasteiger partial charge >= 0.3 is 0 Å². The molecule has 1 aromatic carbocycles. The molecule has 2 aromatic heterocycles. The Hall–Kier alpha value is -3.12. The molecule has 2 heterocycles. The van der Waals surface area contributed by atoms with Gasteiger partial charge in [-0.05, 0) is 31.3 Å². The molecule has 8 nitrogen and oxygen atoms in total. The molecule has 3 rings (SSSR count). The minimum absolute atomic E-state index is 0.262. The van der Waals surface area contributed by atoms with Crippen LogP contribution in [0.1, 0.15) is 11.4 Å². The number of nitrogens with one attached hydrogen (secondary N) is 1. The van der Waals surface area contributed by atoms with E-state index in [1.807, 2.05) is 0 Å². The molecule has 0 atom stereocenters. The number of benzene rings is 1. The summed E-state index contributed by atoms with van der Waals surface area (Å²) in [6.07, 6.45) is 0. The van der Waals surface area contributed by atoms with Gasteiger partial charge < -0.3 is 14.2 Å². The Labute approximate surface area is 148 Å². The Morgan fingerprint density at radius 2 is 1.76 bits per heavy atom. The Balaban J connectivity index is 2.37. The third-order valence-corrected chi connectivity index (χ3v) is 3.94. The molecule has 0 aliphatic heterocycles. The summed E-state index contributed by atoms with van der Waals surface area (Å²) in [5, 5.41) is 12.6. The van der Waals surface area contributed by atoms with Gasteiger partial charge in [0.05, 0.1) is 27.0 Å². The van der Waals surface area contributed by atoms with Crippen LogP contribution in [0, 0.1) is 23.0 Å². The van der Waals surface area contributed by atoms with E-state index in [1.54, 1.807) is 19.1 Å². The van der Waals surface area contributed by atoms with Crippen LogP contribution in [0.3, 0.4) is 0 Å². The number of hydrogen-bond donors (Lipinski definition) is 1. The molecule has 128 valence electrons. The summed E-state index contributed by atoms with van der Waals surface area (Å²) < 4.78 is 17.8. The van der Waals surface area contributed by atoms with Gasteiger partial charge in [-0.25, -0.2) is 14.5 Å². The second-order valence-electron chi connectivity index (χ2n) is 5.11. The van der Waals surface area contributed by atoms with Crippen molar-refractivity contribution < 1.29 is 14.2 Å². The first-order chi connectivity index (χ1) is 12.0. The maximum Gasteiger partial charge on any atom is 0.221 e. The van der Waals surface area contributed by atoms with Gasteiger partial charge in [-0.1, -0.05) is 0 Å². The van der Waals surface area contributed by atoms with Crippen molar-refractivity contribution in [3.05, 3.63) is 28.3 Å². The van der Waals surface area contributed by atoms with Crippen LogP contribution in [-0.2, 0) is 0 Å². The second kappa shape index (κ2) is 6.41. The molecule has 0 amide bonds. The molecule has 0 unspecified atom stereocenters. The molecule has 3 aromatic rings. The topological polar surface area (TPSA) is 97.5 Å². The van der Waals surface area contributed by atoms with Crippen molar-refractivity contribution in [1.82, 2.24) is 19.6 Å². The van der Waals surface area contributed by atoms with E-state index in [2.05, 4.69) is 21.1 Å². The molecule has 0 radical (unpaired) electrons. The van der Waals surface area contributed by atoms with Crippen molar-refractivity contribution in [3.63, 3.8) is 0 Å². The largest absolute Gasteiger partial charge is 0.493 e. The van der Waals surface area contributed by atoms with Gasteiger partial charge in [-0.3, -0.25) is 5.10 Å². The molecule has 0 aliphatic carbocycles. The van der Waals surface area contributed by atoms with Crippen molar-refractivity contribution in [1.29, 1.82) is 5.26 Å². The van der Waals surface area contributed by atoms with Crippen LogP contribution in [0.25, 0.3) is 16.9 Å². The maximum atomic E-state index is 9.65. The summed E-state index contributed by atoms with van der Waals surface area (Å²) in [5.74, 6) is 2.00. The monoisotopic (exact) mass is 357 g/mol. The average molecular weight is 357 g/mol. The Morgan fingerprint density at radius 1 is 1.12 bits per heavy atom. The second-order valence-corrected chi connectivity index (χ2v) is 5.48. The van der Waals surface area contributed by atoms with Gasteiger partial charge in [-0.2, -0.15) is 5.26 Å². The number of aryl methyl sites for hydroxylation is 1. The third kappa shape index (κ3) is 2.66. The van der Waals surface area contributed by atoms with E-state index in [1.165, 1.54) is 25.8 Å². The zero-order valence-corrected chi connectivity index (χ0v) is 14.9. The molecule has 0 spiro atoms. The van der Waals surface area contributed by atoms with Crippen LogP contribution < -0.4 is 14.2 Å². The van der Waals surface area contributed by atoms with Crippen LogP contribution in [0.5, 0.6) is 17.2 Å². The smallest absolute Gasteiger partial charge is 0.221 e. The van der Waals surface area contributed by atoms with Gasteiger partial charge in [0.15, 0.2) is 17.1 Å². The quantitative estimate of drug-likeness (QED) is 0.717.